The van der Waals surface area contributed by atoms with E-state index in [1.54, 1.807) is 0 Å². The van der Waals surface area contributed by atoms with Crippen molar-refractivity contribution < 1.29 is 9.63 Å². The number of hydrogen-bond acceptors (Lipinski definition) is 4. The molecule has 2 rings (SSSR count). The Hall–Kier alpha value is -1.66. The van der Waals surface area contributed by atoms with Gasteiger partial charge in [0, 0.05) is 0 Å². The molecule has 102 valence electrons. The molecule has 6 heteroatoms. The molecule has 0 saturated carbocycles. The van der Waals surface area contributed by atoms with Crippen LogP contribution in [0.25, 0.3) is 10.2 Å². The van der Waals surface area contributed by atoms with Gasteiger partial charge in [-0.25, -0.2) is 5.48 Å². The molecular weight excluding hydrogens is 264 g/mol. The molecule has 1 aromatic heterocycles. The minimum atomic E-state index is -0.318. The molecule has 0 bridgehead atoms. The number of hydroxylamine groups is 1. The van der Waals surface area contributed by atoms with E-state index in [1.165, 1.54) is 4.57 Å². The van der Waals surface area contributed by atoms with Crippen LogP contribution in [-0.2, 0) is 16.2 Å². The summed E-state index contributed by atoms with van der Waals surface area (Å²) in [7, 11) is 0. The number of rotatable bonds is 6. The fraction of sp³-hybridized carbons (Fsp3) is 0.385. The number of hydrogen-bond donors (Lipinski definition) is 1. The van der Waals surface area contributed by atoms with Gasteiger partial charge in [0.15, 0.2) is 0 Å². The number of fused-ring (bicyclic) bond motifs is 1. The lowest BCUT2D eigenvalue weighted by Gasteiger charge is -2.06. The molecular formula is C13H16N2O3S. The smallest absolute Gasteiger partial charge is 0.289 e. The second kappa shape index (κ2) is 6.49. The number of nitrogens with one attached hydrogen (secondary N) is 1. The molecule has 0 aliphatic heterocycles. The SMILES string of the molecule is CCCCONC(=O)Cn1c(=O)sc2ccccc21. The van der Waals surface area contributed by atoms with Crippen LogP contribution in [-0.4, -0.2) is 17.1 Å². The Morgan fingerprint density at radius 1 is 1.42 bits per heavy atom. The molecule has 1 N–H and O–H groups in total. The maximum Gasteiger partial charge on any atom is 0.308 e. The van der Waals surface area contributed by atoms with Gasteiger partial charge in [0.2, 0.25) is 0 Å². The van der Waals surface area contributed by atoms with Gasteiger partial charge in [0.25, 0.3) is 5.91 Å². The van der Waals surface area contributed by atoms with Gasteiger partial charge in [-0.15, -0.1) is 0 Å². The van der Waals surface area contributed by atoms with Crippen LogP contribution in [0.3, 0.4) is 0 Å². The second-order valence-corrected chi connectivity index (χ2v) is 5.14. The van der Waals surface area contributed by atoms with Crippen molar-refractivity contribution in [3.63, 3.8) is 0 Å². The van der Waals surface area contributed by atoms with Crippen LogP contribution in [0, 0.1) is 0 Å². The Bertz CT molecular complexity index is 618. The van der Waals surface area contributed by atoms with Gasteiger partial charge in [-0.1, -0.05) is 36.8 Å². The van der Waals surface area contributed by atoms with Crippen molar-refractivity contribution in [3.05, 3.63) is 33.9 Å². The normalized spacial score (nSPS) is 10.8. The maximum absolute atomic E-state index is 11.8. The van der Waals surface area contributed by atoms with E-state index < -0.39 is 0 Å². The summed E-state index contributed by atoms with van der Waals surface area (Å²) in [5.74, 6) is -0.318. The zero-order valence-electron chi connectivity index (χ0n) is 10.7. The van der Waals surface area contributed by atoms with Gasteiger partial charge in [-0.2, -0.15) is 0 Å². The van der Waals surface area contributed by atoms with Gasteiger partial charge in [-0.3, -0.25) is 19.0 Å². The molecule has 0 saturated heterocycles. The highest BCUT2D eigenvalue weighted by Gasteiger charge is 2.10. The molecule has 0 aliphatic carbocycles. The number of unbranched alkanes of at least 4 members (excludes halogenated alkanes) is 1. The second-order valence-electron chi connectivity index (χ2n) is 4.15. The number of carbonyl (C=O) groups is 1. The van der Waals surface area contributed by atoms with Crippen LogP contribution in [0.4, 0.5) is 0 Å². The highest BCUT2D eigenvalue weighted by atomic mass is 32.1. The fourth-order valence-electron chi connectivity index (χ4n) is 1.69. The predicted molar refractivity (Wildman–Crippen MR) is 75.1 cm³/mol. The number of benzene rings is 1. The number of aromatic nitrogens is 1. The highest BCUT2D eigenvalue weighted by molar-refractivity contribution is 7.16. The van der Waals surface area contributed by atoms with Crippen molar-refractivity contribution in [3.8, 4) is 0 Å². The maximum atomic E-state index is 11.8. The Kier molecular flexibility index (Phi) is 4.70. The first-order chi connectivity index (χ1) is 9.22. The third kappa shape index (κ3) is 3.42. The summed E-state index contributed by atoms with van der Waals surface area (Å²) in [6, 6.07) is 7.42. The van der Waals surface area contributed by atoms with Crippen LogP contribution in [0.2, 0.25) is 0 Å². The van der Waals surface area contributed by atoms with Crippen molar-refractivity contribution in [1.29, 1.82) is 0 Å². The largest absolute Gasteiger partial charge is 0.308 e. The summed E-state index contributed by atoms with van der Waals surface area (Å²) in [5, 5.41) is 0. The van der Waals surface area contributed by atoms with E-state index in [2.05, 4.69) is 5.48 Å². The van der Waals surface area contributed by atoms with Crippen LogP contribution >= 0.6 is 11.3 Å². The van der Waals surface area contributed by atoms with Crippen molar-refractivity contribution in [2.75, 3.05) is 6.61 Å². The zero-order valence-corrected chi connectivity index (χ0v) is 11.5. The lowest BCUT2D eigenvalue weighted by Crippen LogP contribution is -2.30. The number of para-hydroxylation sites is 1. The molecule has 0 fully saturated rings. The molecule has 0 radical (unpaired) electrons. The number of thiazole rings is 1. The average molecular weight is 280 g/mol. The molecule has 0 atom stereocenters. The summed E-state index contributed by atoms with van der Waals surface area (Å²) in [6.45, 7) is 2.51. The van der Waals surface area contributed by atoms with E-state index >= 15 is 0 Å². The first-order valence-electron chi connectivity index (χ1n) is 6.21. The highest BCUT2D eigenvalue weighted by Crippen LogP contribution is 2.15. The quantitative estimate of drug-likeness (QED) is 0.649. The van der Waals surface area contributed by atoms with Crippen LogP contribution in [0.1, 0.15) is 19.8 Å². The minimum absolute atomic E-state index is 0.0189. The van der Waals surface area contributed by atoms with Crippen molar-refractivity contribution >= 4 is 27.5 Å². The molecule has 0 spiro atoms. The number of amides is 1. The van der Waals surface area contributed by atoms with Crippen LogP contribution in [0.5, 0.6) is 0 Å². The third-order valence-electron chi connectivity index (χ3n) is 2.66. The molecule has 2 aromatic rings. The number of nitrogens with zero attached hydrogens (tertiary/aromatic N) is 1. The topological polar surface area (TPSA) is 60.3 Å². The summed E-state index contributed by atoms with van der Waals surface area (Å²) in [6.07, 6.45) is 1.89. The number of carbonyl (C=O) groups excluding carboxylic acids is 1. The monoisotopic (exact) mass is 280 g/mol. The van der Waals surface area contributed by atoms with Crippen molar-refractivity contribution in [1.82, 2.24) is 10.0 Å². The van der Waals surface area contributed by atoms with E-state index in [-0.39, 0.29) is 17.3 Å². The molecule has 1 amide bonds. The summed E-state index contributed by atoms with van der Waals surface area (Å²) in [5.41, 5.74) is 3.13. The first kappa shape index (κ1) is 13.8. The van der Waals surface area contributed by atoms with Gasteiger partial charge in [0.05, 0.1) is 16.8 Å². The zero-order chi connectivity index (χ0) is 13.7. The fourth-order valence-corrected chi connectivity index (χ4v) is 2.58. The predicted octanol–water partition coefficient (Wildman–Crippen LogP) is 1.91. The standard InChI is InChI=1S/C13H16N2O3S/c1-2-3-8-18-14-12(16)9-15-10-6-4-5-7-11(10)19-13(15)17/h4-7H,2-3,8-9H2,1H3,(H,14,16). The summed E-state index contributed by atoms with van der Waals surface area (Å²) in [4.78, 5) is 28.4. The van der Waals surface area contributed by atoms with Crippen molar-refractivity contribution in [2.24, 2.45) is 0 Å². The first-order valence-corrected chi connectivity index (χ1v) is 7.03. The molecule has 1 aromatic carbocycles. The van der Waals surface area contributed by atoms with E-state index in [0.717, 1.165) is 34.4 Å². The minimum Gasteiger partial charge on any atom is -0.289 e. The van der Waals surface area contributed by atoms with Crippen LogP contribution in [0.15, 0.2) is 29.1 Å². The van der Waals surface area contributed by atoms with Crippen LogP contribution < -0.4 is 10.4 Å². The lowest BCUT2D eigenvalue weighted by molar-refractivity contribution is -0.134. The summed E-state index contributed by atoms with van der Waals surface area (Å²) >= 11 is 1.14. The Morgan fingerprint density at radius 2 is 2.21 bits per heavy atom. The van der Waals surface area contributed by atoms with E-state index in [9.17, 15) is 9.59 Å². The van der Waals surface area contributed by atoms with Crippen molar-refractivity contribution in [2.45, 2.75) is 26.3 Å². The van der Waals surface area contributed by atoms with Gasteiger partial charge in [0.1, 0.15) is 6.54 Å². The third-order valence-corrected chi connectivity index (χ3v) is 3.62. The molecule has 1 heterocycles. The Balaban J connectivity index is 2.03. The van der Waals surface area contributed by atoms with E-state index in [0.29, 0.717) is 6.61 Å². The molecule has 0 unspecified atom stereocenters. The molecule has 5 nitrogen and oxygen atoms in total. The molecule has 0 aliphatic rings. The van der Waals surface area contributed by atoms with Gasteiger partial charge in [-0.05, 0) is 18.6 Å². The Labute approximate surface area is 114 Å². The molecule has 19 heavy (non-hydrogen) atoms. The average Bonchev–Trinajstić information content (AvgIpc) is 2.72. The summed E-state index contributed by atoms with van der Waals surface area (Å²) < 4.78 is 2.34. The van der Waals surface area contributed by atoms with Gasteiger partial charge >= 0.3 is 4.87 Å². The van der Waals surface area contributed by atoms with E-state index in [1.807, 2.05) is 31.2 Å². The lowest BCUT2D eigenvalue weighted by atomic mass is 10.3. The van der Waals surface area contributed by atoms with Gasteiger partial charge < -0.3 is 0 Å². The van der Waals surface area contributed by atoms with E-state index in [4.69, 9.17) is 4.84 Å². The Morgan fingerprint density at radius 3 is 3.00 bits per heavy atom.